The molecule has 0 spiro atoms. The van der Waals surface area contributed by atoms with Crippen LogP contribution in [0.1, 0.15) is 65.9 Å². The van der Waals surface area contributed by atoms with E-state index in [2.05, 4.69) is 4.72 Å². The topological polar surface area (TPSA) is 119 Å². The largest absolute Gasteiger partial charge is 0.487 e. The second-order valence-corrected chi connectivity index (χ2v) is 16.0. The van der Waals surface area contributed by atoms with Gasteiger partial charge >= 0.3 is 0 Å². The summed E-state index contributed by atoms with van der Waals surface area (Å²) in [5, 5.41) is 0. The third-order valence-electron chi connectivity index (χ3n) is 8.75. The molecule has 240 valence electrons. The smallest absolute Gasteiger partial charge is 0.265 e. The minimum absolute atomic E-state index is 0.0311. The molecule has 4 aromatic rings. The van der Waals surface area contributed by atoms with Gasteiger partial charge in [0.2, 0.25) is 10.0 Å². The molecular formula is C35H36N2O7S2. The molecule has 11 heteroatoms. The summed E-state index contributed by atoms with van der Waals surface area (Å²) in [6.07, 6.45) is 1.22. The Morgan fingerprint density at radius 1 is 0.848 bits per heavy atom. The summed E-state index contributed by atoms with van der Waals surface area (Å²) in [5.41, 5.74) is 2.23. The lowest BCUT2D eigenvalue weighted by molar-refractivity contribution is -0.151. The molecule has 0 bridgehead atoms. The molecule has 1 fully saturated rings. The number of rotatable bonds is 8. The maximum Gasteiger partial charge on any atom is 0.265 e. The molecule has 0 radical (unpaired) electrons. The predicted octanol–water partition coefficient (Wildman–Crippen LogP) is 6.01. The Labute approximate surface area is 270 Å². The quantitative estimate of drug-likeness (QED) is 0.246. The van der Waals surface area contributed by atoms with Crippen molar-refractivity contribution in [2.75, 3.05) is 7.05 Å². The van der Waals surface area contributed by atoms with Gasteiger partial charge in [0.1, 0.15) is 11.4 Å². The standard InChI is InChI=1S/C35H36N2O7S2/c1-35(2)30-19-21-31(25-12-8-5-9-13-25)43-33(30)29-22-26(14-20-32(29)44-35)34(38)36-45(39,40)27-15-17-28(18-16-27)46(41,42)37(3)23-24-10-6-4-7-11-24/h4-18,20,22,30-31,33H,19,21,23H2,1-3H3,(H,36,38)/t30-,31+,33+/m1/s1. The van der Waals surface area contributed by atoms with Crippen molar-refractivity contribution in [3.05, 3.63) is 125 Å². The van der Waals surface area contributed by atoms with E-state index in [-0.39, 0.29) is 40.0 Å². The second kappa shape index (κ2) is 12.3. The van der Waals surface area contributed by atoms with Gasteiger partial charge in [-0.15, -0.1) is 0 Å². The molecule has 0 aromatic heterocycles. The molecule has 1 saturated heterocycles. The molecular weight excluding hydrogens is 625 g/mol. The molecule has 0 aliphatic carbocycles. The van der Waals surface area contributed by atoms with Gasteiger partial charge in [-0.05, 0) is 80.3 Å². The fourth-order valence-corrected chi connectivity index (χ4v) is 8.37. The van der Waals surface area contributed by atoms with Gasteiger partial charge in [-0.2, -0.15) is 4.31 Å². The zero-order valence-electron chi connectivity index (χ0n) is 25.8. The molecule has 2 heterocycles. The van der Waals surface area contributed by atoms with E-state index >= 15 is 0 Å². The van der Waals surface area contributed by atoms with Gasteiger partial charge in [-0.25, -0.2) is 21.6 Å². The predicted molar refractivity (Wildman–Crippen MR) is 173 cm³/mol. The molecule has 2 aliphatic rings. The zero-order chi connectivity index (χ0) is 32.7. The first-order valence-corrected chi connectivity index (χ1v) is 18.0. The number of hydrogen-bond acceptors (Lipinski definition) is 7. The van der Waals surface area contributed by atoms with Gasteiger partial charge in [0.05, 0.1) is 22.0 Å². The Morgan fingerprint density at radius 3 is 2.15 bits per heavy atom. The van der Waals surface area contributed by atoms with Crippen LogP contribution in [-0.4, -0.2) is 39.7 Å². The summed E-state index contributed by atoms with van der Waals surface area (Å²) in [7, 11) is -6.75. The molecule has 46 heavy (non-hydrogen) atoms. The van der Waals surface area contributed by atoms with Gasteiger partial charge in [-0.3, -0.25) is 4.79 Å². The summed E-state index contributed by atoms with van der Waals surface area (Å²) < 4.78 is 68.9. The number of carbonyl (C=O) groups is 1. The number of amides is 1. The van der Waals surface area contributed by atoms with E-state index in [1.807, 2.05) is 74.5 Å². The van der Waals surface area contributed by atoms with Crippen LogP contribution in [0.2, 0.25) is 0 Å². The molecule has 6 rings (SSSR count). The van der Waals surface area contributed by atoms with E-state index in [4.69, 9.17) is 9.47 Å². The Bertz CT molecular complexity index is 1950. The molecule has 0 saturated carbocycles. The van der Waals surface area contributed by atoms with Crippen LogP contribution in [0.3, 0.4) is 0 Å². The van der Waals surface area contributed by atoms with Crippen LogP contribution in [0.25, 0.3) is 0 Å². The van der Waals surface area contributed by atoms with Gasteiger partial charge in [-0.1, -0.05) is 60.7 Å². The van der Waals surface area contributed by atoms with Crippen molar-refractivity contribution in [3.63, 3.8) is 0 Å². The van der Waals surface area contributed by atoms with Crippen molar-refractivity contribution in [1.82, 2.24) is 9.03 Å². The van der Waals surface area contributed by atoms with Crippen molar-refractivity contribution in [1.29, 1.82) is 0 Å². The average Bonchev–Trinajstić information content (AvgIpc) is 3.05. The monoisotopic (exact) mass is 660 g/mol. The fourth-order valence-electron chi connectivity index (χ4n) is 6.24. The summed E-state index contributed by atoms with van der Waals surface area (Å²) in [5.74, 6) is -0.198. The number of carbonyl (C=O) groups excluding carboxylic acids is 1. The number of ether oxygens (including phenoxy) is 2. The third-order valence-corrected chi connectivity index (χ3v) is 11.9. The molecule has 3 atom stereocenters. The molecule has 1 N–H and O–H groups in total. The van der Waals surface area contributed by atoms with E-state index in [0.29, 0.717) is 11.3 Å². The summed E-state index contributed by atoms with van der Waals surface area (Å²) in [6.45, 7) is 4.22. The normalized spacial score (nSPS) is 20.7. The Hall–Kier alpha value is -4.03. The highest BCUT2D eigenvalue weighted by atomic mass is 32.2. The van der Waals surface area contributed by atoms with Crippen molar-refractivity contribution in [2.24, 2.45) is 5.92 Å². The summed E-state index contributed by atoms with van der Waals surface area (Å²) >= 11 is 0. The SMILES string of the molecule is CN(Cc1ccccc1)S(=O)(=O)c1ccc(S(=O)(=O)NC(=O)c2ccc3c(c2)[C@@H]2O[C@H](c4ccccc4)CC[C@H]2C(C)(C)O3)cc1. The highest BCUT2D eigenvalue weighted by molar-refractivity contribution is 7.90. The van der Waals surface area contributed by atoms with Crippen LogP contribution in [0, 0.1) is 5.92 Å². The van der Waals surface area contributed by atoms with Crippen molar-refractivity contribution in [2.45, 2.75) is 60.8 Å². The first-order valence-electron chi connectivity index (χ1n) is 15.1. The van der Waals surface area contributed by atoms with Crippen LogP contribution in [0.4, 0.5) is 0 Å². The summed E-state index contributed by atoms with van der Waals surface area (Å²) in [4.78, 5) is 13.0. The van der Waals surface area contributed by atoms with Crippen molar-refractivity contribution in [3.8, 4) is 5.75 Å². The second-order valence-electron chi connectivity index (χ2n) is 12.3. The minimum atomic E-state index is -4.32. The van der Waals surface area contributed by atoms with E-state index in [1.54, 1.807) is 12.1 Å². The van der Waals surface area contributed by atoms with Gasteiger partial charge in [0, 0.05) is 30.6 Å². The van der Waals surface area contributed by atoms with E-state index in [1.165, 1.54) is 41.7 Å². The first-order chi connectivity index (χ1) is 21.8. The molecule has 0 unspecified atom stereocenters. The highest BCUT2D eigenvalue weighted by Crippen LogP contribution is 2.53. The van der Waals surface area contributed by atoms with Crippen LogP contribution >= 0.6 is 0 Å². The molecule has 2 aliphatic heterocycles. The number of sulfonamides is 2. The maximum absolute atomic E-state index is 13.3. The van der Waals surface area contributed by atoms with E-state index in [9.17, 15) is 21.6 Å². The van der Waals surface area contributed by atoms with Gasteiger partial charge < -0.3 is 9.47 Å². The van der Waals surface area contributed by atoms with Crippen LogP contribution in [0.15, 0.2) is 113 Å². The van der Waals surface area contributed by atoms with Crippen LogP contribution in [0.5, 0.6) is 5.75 Å². The maximum atomic E-state index is 13.3. The van der Waals surface area contributed by atoms with Crippen LogP contribution < -0.4 is 9.46 Å². The lowest BCUT2D eigenvalue weighted by atomic mass is 9.74. The van der Waals surface area contributed by atoms with Gasteiger partial charge in [0.25, 0.3) is 15.9 Å². The minimum Gasteiger partial charge on any atom is -0.487 e. The highest BCUT2D eigenvalue weighted by Gasteiger charge is 2.48. The van der Waals surface area contributed by atoms with Gasteiger partial charge in [0.15, 0.2) is 0 Å². The molecule has 4 aromatic carbocycles. The van der Waals surface area contributed by atoms with Crippen molar-refractivity contribution < 1.29 is 31.1 Å². The summed E-state index contributed by atoms with van der Waals surface area (Å²) in [6, 6.07) is 28.8. The lowest BCUT2D eigenvalue weighted by Gasteiger charge is -2.48. The van der Waals surface area contributed by atoms with E-state index in [0.717, 1.165) is 24.0 Å². The Kier molecular flexibility index (Phi) is 8.53. The van der Waals surface area contributed by atoms with Crippen molar-refractivity contribution >= 4 is 26.0 Å². The van der Waals surface area contributed by atoms with Crippen LogP contribution in [-0.2, 0) is 31.3 Å². The number of nitrogens with zero attached hydrogens (tertiary/aromatic N) is 1. The first kappa shape index (κ1) is 31.9. The fraction of sp³-hybridized carbons (Fsp3) is 0.286. The average molecular weight is 661 g/mol. The number of nitrogens with one attached hydrogen (secondary N) is 1. The molecule has 1 amide bonds. The zero-order valence-corrected chi connectivity index (χ0v) is 27.4. The Balaban J connectivity index is 1.20. The number of benzene rings is 4. The third kappa shape index (κ3) is 6.32. The van der Waals surface area contributed by atoms with E-state index < -0.39 is 31.6 Å². The lowest BCUT2D eigenvalue weighted by Crippen LogP contribution is -2.47. The number of fused-ring (bicyclic) bond motifs is 3. The Morgan fingerprint density at radius 2 is 1.48 bits per heavy atom. The number of hydrogen-bond donors (Lipinski definition) is 1. The molecule has 9 nitrogen and oxygen atoms in total.